The summed E-state index contributed by atoms with van der Waals surface area (Å²) in [4.78, 5) is 33.4. The molecule has 0 fully saturated rings. The van der Waals surface area contributed by atoms with Gasteiger partial charge in [0.1, 0.15) is 5.82 Å². The molecule has 0 aliphatic rings. The highest BCUT2D eigenvalue weighted by Gasteiger charge is 2.34. The zero-order valence-electron chi connectivity index (χ0n) is 28.3. The summed E-state index contributed by atoms with van der Waals surface area (Å²) in [7, 11) is 0. The maximum atomic E-state index is 13.4. The molecule has 0 aliphatic heterocycles. The molecule has 0 unspecified atom stereocenters. The van der Waals surface area contributed by atoms with Crippen LogP contribution in [0.15, 0.2) is 125 Å². The maximum Gasteiger partial charge on any atom is 0.433 e. The van der Waals surface area contributed by atoms with Gasteiger partial charge in [-0.3, -0.25) is 18.7 Å². The molecular weight excluding hydrogens is 726 g/mol. The smallest absolute Gasteiger partial charge is 0.368 e. The number of rotatable bonds is 6. The lowest BCUT2D eigenvalue weighted by Crippen LogP contribution is -2.26. The minimum atomic E-state index is -4.68. The second-order valence-electron chi connectivity index (χ2n) is 12.1. The van der Waals surface area contributed by atoms with Crippen molar-refractivity contribution >= 4 is 56.5 Å². The van der Waals surface area contributed by atoms with Crippen LogP contribution in [-0.2, 0) is 6.18 Å². The van der Waals surface area contributed by atoms with E-state index in [-0.39, 0.29) is 23.0 Å². The molecule has 2 atom stereocenters. The van der Waals surface area contributed by atoms with Gasteiger partial charge >= 0.3 is 6.18 Å². The lowest BCUT2D eigenvalue weighted by atomic mass is 10.1. The van der Waals surface area contributed by atoms with Gasteiger partial charge in [-0.2, -0.15) is 18.2 Å². The van der Waals surface area contributed by atoms with Gasteiger partial charge in [-0.15, -0.1) is 0 Å². The van der Waals surface area contributed by atoms with Crippen molar-refractivity contribution in [1.82, 2.24) is 19.1 Å². The van der Waals surface area contributed by atoms with Crippen molar-refractivity contribution in [3.05, 3.63) is 163 Å². The number of alkyl halides is 3. The van der Waals surface area contributed by atoms with E-state index in [1.807, 2.05) is 61.5 Å². The number of pyridine rings is 2. The van der Waals surface area contributed by atoms with E-state index in [4.69, 9.17) is 34.7 Å². The fourth-order valence-corrected chi connectivity index (χ4v) is 6.53. The van der Waals surface area contributed by atoms with E-state index in [9.17, 15) is 22.8 Å². The highest BCUT2D eigenvalue weighted by molar-refractivity contribution is 6.35. The Kier molecular flexibility index (Phi) is 10.6. The van der Waals surface area contributed by atoms with Crippen molar-refractivity contribution in [2.45, 2.75) is 32.1 Å². The Hall–Kier alpha value is -5.69. The quantitative estimate of drug-likeness (QED) is 0.154. The van der Waals surface area contributed by atoms with Crippen LogP contribution in [0.1, 0.15) is 43.0 Å². The van der Waals surface area contributed by atoms with E-state index in [0.29, 0.717) is 37.6 Å². The van der Waals surface area contributed by atoms with Crippen molar-refractivity contribution in [2.75, 3.05) is 11.1 Å². The Balaban J connectivity index is 0.000000198. The molecule has 53 heavy (non-hydrogen) atoms. The number of hydrogen-bond acceptors (Lipinski definition) is 7. The number of halogens is 5. The Bertz CT molecular complexity index is 2560. The first-order valence-electron chi connectivity index (χ1n) is 16.3. The van der Waals surface area contributed by atoms with E-state index >= 15 is 0 Å². The fourth-order valence-electron chi connectivity index (χ4n) is 6.00. The molecule has 14 heteroatoms. The molecule has 0 radical (unpaired) electrons. The van der Waals surface area contributed by atoms with Crippen molar-refractivity contribution in [3.63, 3.8) is 0 Å². The topological polar surface area (TPSA) is 134 Å². The van der Waals surface area contributed by atoms with Gasteiger partial charge in [0, 0.05) is 34.9 Å². The number of para-hydroxylation sites is 2. The van der Waals surface area contributed by atoms with E-state index in [1.54, 1.807) is 66.1 Å². The molecule has 7 rings (SSSR count). The normalized spacial score (nSPS) is 12.6. The SMILES string of the molecule is C[C@H](N)c1cc2cccc(Cl)c2c(=O)n1-c1ccccc1.C[C@H](Nc1cc(C(F)(F)F)nc(N)n1)c1cc2cccc(Cl)c2c(=O)n1-c1ccccc1. The van der Waals surface area contributed by atoms with E-state index in [1.165, 1.54) is 4.57 Å². The highest BCUT2D eigenvalue weighted by atomic mass is 35.5. The molecule has 3 aromatic heterocycles. The molecule has 7 aromatic rings. The molecule has 0 spiro atoms. The molecule has 0 aliphatic carbocycles. The number of hydrogen-bond donors (Lipinski definition) is 3. The van der Waals surface area contributed by atoms with Crippen LogP contribution >= 0.6 is 23.2 Å². The van der Waals surface area contributed by atoms with E-state index < -0.39 is 23.9 Å². The number of nitrogens with zero attached hydrogens (tertiary/aromatic N) is 4. The number of nitrogens with two attached hydrogens (primary N) is 2. The van der Waals surface area contributed by atoms with Crippen LogP contribution in [0.4, 0.5) is 24.9 Å². The van der Waals surface area contributed by atoms with Crippen LogP contribution in [-0.4, -0.2) is 19.1 Å². The maximum absolute atomic E-state index is 13.4. The van der Waals surface area contributed by atoms with Crippen LogP contribution in [0.2, 0.25) is 10.0 Å². The molecule has 5 N–H and O–H groups in total. The van der Waals surface area contributed by atoms with Gasteiger partial charge in [0.05, 0.1) is 26.9 Å². The van der Waals surface area contributed by atoms with Gasteiger partial charge in [0.15, 0.2) is 5.69 Å². The number of anilines is 2. The van der Waals surface area contributed by atoms with Gasteiger partial charge in [-0.05, 0) is 73.2 Å². The second kappa shape index (κ2) is 15.1. The molecule has 0 amide bonds. The summed E-state index contributed by atoms with van der Waals surface area (Å²) in [5.41, 5.74) is 12.5. The number of nitrogen functional groups attached to an aromatic ring is 1. The molecule has 0 saturated heterocycles. The summed E-state index contributed by atoms with van der Waals surface area (Å²) in [6.45, 7) is 3.57. The molecule has 9 nitrogen and oxygen atoms in total. The van der Waals surface area contributed by atoms with Gasteiger partial charge in [0.25, 0.3) is 11.1 Å². The lowest BCUT2D eigenvalue weighted by molar-refractivity contribution is -0.141. The predicted octanol–water partition coefficient (Wildman–Crippen LogP) is 8.87. The van der Waals surface area contributed by atoms with E-state index in [0.717, 1.165) is 22.8 Å². The van der Waals surface area contributed by atoms with Crippen molar-refractivity contribution in [1.29, 1.82) is 0 Å². The van der Waals surface area contributed by atoms with Gasteiger partial charge in [0.2, 0.25) is 5.95 Å². The first kappa shape index (κ1) is 37.1. The third-order valence-corrected chi connectivity index (χ3v) is 9.02. The average molecular weight is 759 g/mol. The number of aromatic nitrogens is 4. The van der Waals surface area contributed by atoms with Gasteiger partial charge in [-0.1, -0.05) is 83.9 Å². The van der Waals surface area contributed by atoms with Crippen LogP contribution in [0.3, 0.4) is 0 Å². The number of fused-ring (bicyclic) bond motifs is 2. The minimum absolute atomic E-state index is 0.115. The fraction of sp³-hybridized carbons (Fsp3) is 0.128. The molecular formula is C39H32Cl2F3N7O2. The monoisotopic (exact) mass is 757 g/mol. The predicted molar refractivity (Wildman–Crippen MR) is 205 cm³/mol. The second-order valence-corrected chi connectivity index (χ2v) is 13.0. The lowest BCUT2D eigenvalue weighted by Gasteiger charge is -2.22. The van der Waals surface area contributed by atoms with Crippen LogP contribution in [0, 0.1) is 0 Å². The minimum Gasteiger partial charge on any atom is -0.368 e. The number of nitrogens with one attached hydrogen (secondary N) is 1. The first-order chi connectivity index (χ1) is 25.2. The summed E-state index contributed by atoms with van der Waals surface area (Å²) in [6.07, 6.45) is -4.68. The molecule has 0 saturated carbocycles. The van der Waals surface area contributed by atoms with Gasteiger partial charge in [-0.25, -0.2) is 4.98 Å². The standard InChI is InChI=1S/C22H17ClF3N5O.C17H15ClN2O/c1-12(28-18-11-17(22(24,25)26)29-21(27)30-18)16-10-13-6-5-9-15(23)19(13)20(32)31(16)14-7-3-2-4-8-14;1-11(19)15-10-12-6-5-9-14(18)16(12)17(21)20(15)13-7-3-2-4-8-13/h2-12H,1H3,(H3,27,28,29,30);2-11H,19H2,1H3/t12-;11-/m00/s1. The molecule has 0 bridgehead atoms. The van der Waals surface area contributed by atoms with Crippen LogP contribution in [0.25, 0.3) is 32.9 Å². The van der Waals surface area contributed by atoms with Gasteiger partial charge < -0.3 is 16.8 Å². The molecule has 4 aromatic carbocycles. The largest absolute Gasteiger partial charge is 0.433 e. The Labute approximate surface area is 311 Å². The van der Waals surface area contributed by atoms with Crippen molar-refractivity contribution in [3.8, 4) is 11.4 Å². The van der Waals surface area contributed by atoms with Crippen LogP contribution in [0.5, 0.6) is 0 Å². The summed E-state index contributed by atoms with van der Waals surface area (Å²) >= 11 is 12.5. The summed E-state index contributed by atoms with van der Waals surface area (Å²) in [6, 6.07) is 32.5. The van der Waals surface area contributed by atoms with Crippen molar-refractivity contribution in [2.24, 2.45) is 5.73 Å². The third-order valence-electron chi connectivity index (χ3n) is 8.39. The van der Waals surface area contributed by atoms with Crippen LogP contribution < -0.4 is 27.9 Å². The molecule has 3 heterocycles. The summed E-state index contributed by atoms with van der Waals surface area (Å²) < 4.78 is 42.5. The summed E-state index contributed by atoms with van der Waals surface area (Å²) in [5, 5.41) is 5.96. The summed E-state index contributed by atoms with van der Waals surface area (Å²) in [5.74, 6) is -0.629. The van der Waals surface area contributed by atoms with E-state index in [2.05, 4.69) is 15.3 Å². The number of benzene rings is 4. The molecule has 270 valence electrons. The Morgan fingerprint density at radius 1 is 0.679 bits per heavy atom. The average Bonchev–Trinajstić information content (AvgIpc) is 3.11. The van der Waals surface area contributed by atoms with Crippen molar-refractivity contribution < 1.29 is 13.2 Å². The zero-order valence-corrected chi connectivity index (χ0v) is 29.8. The highest BCUT2D eigenvalue weighted by Crippen LogP contribution is 2.31. The Morgan fingerprint density at radius 3 is 1.62 bits per heavy atom. The zero-order chi connectivity index (χ0) is 38.0. The first-order valence-corrected chi connectivity index (χ1v) is 17.0. The third kappa shape index (κ3) is 7.75. The Morgan fingerprint density at radius 2 is 1.15 bits per heavy atom.